The summed E-state index contributed by atoms with van der Waals surface area (Å²) in [6.45, 7) is 1.92. The molecule has 0 bridgehead atoms. The molecule has 1 aromatic heterocycles. The summed E-state index contributed by atoms with van der Waals surface area (Å²) < 4.78 is 0. The molecule has 16 heavy (non-hydrogen) atoms. The van der Waals surface area contributed by atoms with Gasteiger partial charge in [0.1, 0.15) is 5.82 Å². The maximum atomic E-state index is 11.8. The number of hydrogen-bond acceptors (Lipinski definition) is 3. The van der Waals surface area contributed by atoms with Crippen LogP contribution in [0.15, 0.2) is 42.7 Å². The van der Waals surface area contributed by atoms with Gasteiger partial charge in [0, 0.05) is 18.0 Å². The molecular formula is C13H12N2O. The molecule has 0 unspecified atom stereocenters. The van der Waals surface area contributed by atoms with E-state index in [4.69, 9.17) is 0 Å². The van der Waals surface area contributed by atoms with Crippen LogP contribution in [0.25, 0.3) is 0 Å². The smallest absolute Gasteiger partial charge is 0.170 e. The van der Waals surface area contributed by atoms with Gasteiger partial charge in [-0.15, -0.1) is 0 Å². The molecule has 80 valence electrons. The fourth-order valence-electron chi connectivity index (χ4n) is 1.38. The third-order valence-corrected chi connectivity index (χ3v) is 2.25. The highest BCUT2D eigenvalue weighted by Gasteiger charge is 2.07. The molecule has 0 atom stereocenters. The lowest BCUT2D eigenvalue weighted by Crippen LogP contribution is -2.06. The van der Waals surface area contributed by atoms with Gasteiger partial charge in [-0.2, -0.15) is 0 Å². The topological polar surface area (TPSA) is 42.9 Å². The van der Waals surface area contributed by atoms with Crippen molar-refractivity contribution in [2.24, 2.45) is 0 Å². The third kappa shape index (κ3) is 2.51. The Hall–Kier alpha value is -2.03. The molecule has 3 heteroatoms. The second-order valence-corrected chi connectivity index (χ2v) is 3.64. The van der Waals surface area contributed by atoms with Crippen molar-refractivity contribution < 1.29 is 4.79 Å². The molecular weight excluding hydrogens is 200 g/mol. The summed E-state index contributed by atoms with van der Waals surface area (Å²) in [6.07, 6.45) is 3.70. The van der Waals surface area contributed by atoms with E-state index in [2.05, 4.69) is 9.97 Å². The van der Waals surface area contributed by atoms with Crippen LogP contribution in [0, 0.1) is 6.92 Å². The van der Waals surface area contributed by atoms with E-state index in [9.17, 15) is 4.79 Å². The van der Waals surface area contributed by atoms with Crippen LogP contribution in [-0.2, 0) is 6.42 Å². The van der Waals surface area contributed by atoms with Gasteiger partial charge in [0.15, 0.2) is 5.78 Å². The molecule has 0 amide bonds. The summed E-state index contributed by atoms with van der Waals surface area (Å²) in [5.74, 6) is 0.615. The minimum absolute atomic E-state index is 0.0458. The zero-order valence-corrected chi connectivity index (χ0v) is 9.05. The summed E-state index contributed by atoms with van der Waals surface area (Å²) in [7, 11) is 0. The first kappa shape index (κ1) is 10.5. The van der Waals surface area contributed by atoms with Gasteiger partial charge in [-0.1, -0.05) is 30.3 Å². The van der Waals surface area contributed by atoms with Gasteiger partial charge in [0.25, 0.3) is 0 Å². The van der Waals surface area contributed by atoms with Crippen LogP contribution in [0.3, 0.4) is 0 Å². The van der Waals surface area contributed by atoms with E-state index in [0.717, 1.165) is 5.56 Å². The Morgan fingerprint density at radius 3 is 2.38 bits per heavy atom. The predicted molar refractivity (Wildman–Crippen MR) is 61.2 cm³/mol. The quantitative estimate of drug-likeness (QED) is 0.732. The number of hydrogen-bond donors (Lipinski definition) is 0. The Kier molecular flexibility index (Phi) is 3.05. The Morgan fingerprint density at radius 2 is 1.75 bits per heavy atom. The fraction of sp³-hybridized carbons (Fsp3) is 0.154. The van der Waals surface area contributed by atoms with Gasteiger partial charge in [-0.25, -0.2) is 9.97 Å². The van der Waals surface area contributed by atoms with Gasteiger partial charge >= 0.3 is 0 Å². The van der Waals surface area contributed by atoms with Crippen molar-refractivity contribution >= 4 is 5.78 Å². The van der Waals surface area contributed by atoms with Crippen molar-refractivity contribution in [3.63, 3.8) is 0 Å². The molecule has 1 heterocycles. The van der Waals surface area contributed by atoms with E-state index < -0.39 is 0 Å². The van der Waals surface area contributed by atoms with Crippen molar-refractivity contribution in [2.45, 2.75) is 13.3 Å². The summed E-state index contributed by atoms with van der Waals surface area (Å²) in [5.41, 5.74) is 1.70. The second kappa shape index (κ2) is 4.66. The first-order chi connectivity index (χ1) is 7.75. The molecule has 0 aliphatic rings. The van der Waals surface area contributed by atoms with E-state index in [1.54, 1.807) is 24.5 Å². The van der Waals surface area contributed by atoms with Gasteiger partial charge in [-0.3, -0.25) is 4.79 Å². The number of rotatable bonds is 3. The molecule has 0 aliphatic heterocycles. The first-order valence-corrected chi connectivity index (χ1v) is 5.11. The van der Waals surface area contributed by atoms with Crippen LogP contribution in [0.4, 0.5) is 0 Å². The number of carbonyl (C=O) groups excluding carboxylic acids is 1. The van der Waals surface area contributed by atoms with E-state index >= 15 is 0 Å². The highest BCUT2D eigenvalue weighted by Crippen LogP contribution is 2.04. The lowest BCUT2D eigenvalue weighted by Gasteiger charge is -2.00. The Balaban J connectivity index is 2.11. The first-order valence-electron chi connectivity index (χ1n) is 5.11. The lowest BCUT2D eigenvalue weighted by atomic mass is 10.1. The van der Waals surface area contributed by atoms with Crippen LogP contribution >= 0.6 is 0 Å². The second-order valence-electron chi connectivity index (χ2n) is 3.64. The largest absolute Gasteiger partial charge is 0.294 e. The van der Waals surface area contributed by atoms with E-state index in [1.165, 1.54) is 0 Å². The number of carbonyl (C=O) groups is 1. The number of aryl methyl sites for hydroxylation is 1. The van der Waals surface area contributed by atoms with Crippen LogP contribution < -0.4 is 0 Å². The number of aromatic nitrogens is 2. The van der Waals surface area contributed by atoms with E-state index in [1.807, 2.05) is 25.1 Å². The normalized spacial score (nSPS) is 10.1. The van der Waals surface area contributed by atoms with Gasteiger partial charge in [-0.05, 0) is 12.5 Å². The standard InChI is InChI=1S/C13H12N2O/c1-10-8-14-13(15-9-10)7-12(16)11-5-3-2-4-6-11/h2-6,8-9H,7H2,1H3. The van der Waals surface area contributed by atoms with Crippen molar-refractivity contribution in [2.75, 3.05) is 0 Å². The number of nitrogens with zero attached hydrogens (tertiary/aromatic N) is 2. The molecule has 1 aromatic carbocycles. The molecule has 0 saturated heterocycles. The molecule has 0 N–H and O–H groups in total. The van der Waals surface area contributed by atoms with Gasteiger partial charge < -0.3 is 0 Å². The summed E-state index contributed by atoms with van der Waals surface area (Å²) in [6, 6.07) is 9.19. The lowest BCUT2D eigenvalue weighted by molar-refractivity contribution is 0.0991. The summed E-state index contributed by atoms with van der Waals surface area (Å²) in [5, 5.41) is 0. The molecule has 3 nitrogen and oxygen atoms in total. The minimum atomic E-state index is 0.0458. The van der Waals surface area contributed by atoms with Crippen LogP contribution in [0.5, 0.6) is 0 Å². The maximum Gasteiger partial charge on any atom is 0.170 e. The van der Waals surface area contributed by atoms with E-state index in [0.29, 0.717) is 11.4 Å². The monoisotopic (exact) mass is 212 g/mol. The highest BCUT2D eigenvalue weighted by atomic mass is 16.1. The molecule has 0 radical (unpaired) electrons. The maximum absolute atomic E-state index is 11.8. The molecule has 0 aliphatic carbocycles. The Morgan fingerprint density at radius 1 is 1.12 bits per heavy atom. The molecule has 2 rings (SSSR count). The highest BCUT2D eigenvalue weighted by molar-refractivity contribution is 5.97. The zero-order chi connectivity index (χ0) is 11.4. The molecule has 0 spiro atoms. The zero-order valence-electron chi connectivity index (χ0n) is 9.05. The van der Waals surface area contributed by atoms with Crippen molar-refractivity contribution in [3.05, 3.63) is 59.7 Å². The molecule has 0 saturated carbocycles. The Bertz CT molecular complexity index is 477. The van der Waals surface area contributed by atoms with Gasteiger partial charge in [0.05, 0.1) is 6.42 Å². The summed E-state index contributed by atoms with van der Waals surface area (Å²) >= 11 is 0. The average molecular weight is 212 g/mol. The van der Waals surface area contributed by atoms with Crippen molar-refractivity contribution in [1.82, 2.24) is 9.97 Å². The fourth-order valence-corrected chi connectivity index (χ4v) is 1.38. The minimum Gasteiger partial charge on any atom is -0.294 e. The van der Waals surface area contributed by atoms with Crippen LogP contribution in [0.2, 0.25) is 0 Å². The van der Waals surface area contributed by atoms with E-state index in [-0.39, 0.29) is 12.2 Å². The van der Waals surface area contributed by atoms with Crippen LogP contribution in [0.1, 0.15) is 21.7 Å². The number of benzene rings is 1. The predicted octanol–water partition coefficient (Wildman–Crippen LogP) is 2.21. The van der Waals surface area contributed by atoms with Crippen molar-refractivity contribution in [1.29, 1.82) is 0 Å². The Labute approximate surface area is 94.2 Å². The summed E-state index contributed by atoms with van der Waals surface area (Å²) in [4.78, 5) is 20.0. The third-order valence-electron chi connectivity index (χ3n) is 2.25. The average Bonchev–Trinajstić information content (AvgIpc) is 2.33. The molecule has 0 fully saturated rings. The van der Waals surface area contributed by atoms with Crippen LogP contribution in [-0.4, -0.2) is 15.8 Å². The van der Waals surface area contributed by atoms with Crippen molar-refractivity contribution in [3.8, 4) is 0 Å². The number of ketones is 1. The number of Topliss-reactive ketones (excluding diaryl/α,β-unsaturated/α-hetero) is 1. The molecule has 2 aromatic rings. The SMILES string of the molecule is Cc1cnc(CC(=O)c2ccccc2)nc1. The van der Waals surface area contributed by atoms with Gasteiger partial charge in [0.2, 0.25) is 0 Å².